The van der Waals surface area contributed by atoms with Crippen molar-refractivity contribution in [3.8, 4) is 0 Å². The van der Waals surface area contributed by atoms with Crippen LogP contribution in [-0.4, -0.2) is 84.3 Å². The zero-order valence-corrected chi connectivity index (χ0v) is 15.2. The van der Waals surface area contributed by atoms with Crippen molar-refractivity contribution in [2.45, 2.75) is 12.8 Å². The number of hydrogen-bond acceptors (Lipinski definition) is 5. The summed E-state index contributed by atoms with van der Waals surface area (Å²) in [5, 5.41) is 16.0. The summed E-state index contributed by atoms with van der Waals surface area (Å²) < 4.78 is 5.28. The van der Waals surface area contributed by atoms with Crippen molar-refractivity contribution in [2.24, 2.45) is 5.92 Å². The van der Waals surface area contributed by atoms with Crippen LogP contribution in [0.15, 0.2) is 24.3 Å². The van der Waals surface area contributed by atoms with E-state index < -0.39 is 5.97 Å². The molecular formula is C19H26N2O6. The first-order valence-corrected chi connectivity index (χ1v) is 9.01. The van der Waals surface area contributed by atoms with Gasteiger partial charge in [-0.2, -0.15) is 0 Å². The number of ether oxygens (including phenoxy) is 1. The number of rotatable bonds is 5. The number of aromatic carboxylic acids is 1. The lowest BCUT2D eigenvalue weighted by molar-refractivity contribution is -0.136. The summed E-state index contributed by atoms with van der Waals surface area (Å²) in [6, 6.07) is 7.15. The molecule has 8 heteroatoms. The van der Waals surface area contributed by atoms with Gasteiger partial charge in [-0.15, -0.1) is 0 Å². The smallest absolute Gasteiger partial charge is 0.335 e. The van der Waals surface area contributed by atoms with Crippen LogP contribution >= 0.6 is 0 Å². The largest absolute Gasteiger partial charge is 0.483 e. The van der Waals surface area contributed by atoms with E-state index in [1.54, 1.807) is 18.2 Å². The molecule has 27 heavy (non-hydrogen) atoms. The van der Waals surface area contributed by atoms with Gasteiger partial charge in [0.05, 0.1) is 25.3 Å². The van der Waals surface area contributed by atoms with Crippen molar-refractivity contribution in [3.05, 3.63) is 35.4 Å². The summed E-state index contributed by atoms with van der Waals surface area (Å²) in [6.45, 7) is 4.71. The molecule has 8 nitrogen and oxygen atoms in total. The number of benzene rings is 1. The lowest BCUT2D eigenvalue weighted by Crippen LogP contribution is -2.45. The van der Waals surface area contributed by atoms with Crippen LogP contribution in [0.4, 0.5) is 0 Å². The molecule has 0 spiro atoms. The van der Waals surface area contributed by atoms with Crippen molar-refractivity contribution in [1.82, 2.24) is 9.80 Å². The van der Waals surface area contributed by atoms with Gasteiger partial charge < -0.3 is 19.8 Å². The molecular weight excluding hydrogens is 352 g/mol. The minimum atomic E-state index is -0.888. The quantitative estimate of drug-likeness (QED) is 0.730. The van der Waals surface area contributed by atoms with Crippen LogP contribution in [0.25, 0.3) is 0 Å². The first-order valence-electron chi connectivity index (χ1n) is 9.01. The number of likely N-dealkylation sites (tertiary alicyclic amines) is 1. The molecule has 0 aliphatic carbocycles. The molecule has 1 unspecified atom stereocenters. The highest BCUT2D eigenvalue weighted by Gasteiger charge is 2.26. The van der Waals surface area contributed by atoms with Gasteiger partial charge in [-0.25, -0.2) is 4.79 Å². The second kappa shape index (κ2) is 10.6. The van der Waals surface area contributed by atoms with Crippen molar-refractivity contribution >= 4 is 18.3 Å². The lowest BCUT2D eigenvalue weighted by Gasteiger charge is -2.28. The van der Waals surface area contributed by atoms with E-state index >= 15 is 0 Å². The second-order valence-electron chi connectivity index (χ2n) is 6.70. The van der Waals surface area contributed by atoms with Crippen molar-refractivity contribution in [3.63, 3.8) is 0 Å². The Morgan fingerprint density at radius 3 is 2.59 bits per heavy atom. The maximum Gasteiger partial charge on any atom is 0.335 e. The van der Waals surface area contributed by atoms with E-state index in [1.807, 2.05) is 11.0 Å². The van der Waals surface area contributed by atoms with E-state index in [0.717, 1.165) is 31.5 Å². The van der Waals surface area contributed by atoms with Crippen LogP contribution in [0.1, 0.15) is 22.3 Å². The molecule has 1 amide bonds. The average molecular weight is 378 g/mol. The Bertz CT molecular complexity index is 645. The number of carbonyl (C=O) groups excluding carboxylic acids is 1. The Morgan fingerprint density at radius 1 is 1.22 bits per heavy atom. The fourth-order valence-corrected chi connectivity index (χ4v) is 3.49. The van der Waals surface area contributed by atoms with Crippen molar-refractivity contribution in [2.75, 3.05) is 45.9 Å². The van der Waals surface area contributed by atoms with E-state index in [0.29, 0.717) is 44.3 Å². The molecule has 2 N–H and O–H groups in total. The number of amides is 1. The first-order chi connectivity index (χ1) is 13.0. The molecule has 3 rings (SSSR count). The minimum Gasteiger partial charge on any atom is -0.483 e. The van der Waals surface area contributed by atoms with Gasteiger partial charge in [0.15, 0.2) is 0 Å². The molecule has 2 aliphatic rings. The van der Waals surface area contributed by atoms with Crippen LogP contribution < -0.4 is 0 Å². The van der Waals surface area contributed by atoms with Gasteiger partial charge in [-0.3, -0.25) is 14.5 Å². The van der Waals surface area contributed by atoms with E-state index in [2.05, 4.69) is 4.90 Å². The normalized spacial score (nSPS) is 19.9. The van der Waals surface area contributed by atoms with Crippen LogP contribution in [0, 0.1) is 5.92 Å². The summed E-state index contributed by atoms with van der Waals surface area (Å²) >= 11 is 0. The van der Waals surface area contributed by atoms with Gasteiger partial charge >= 0.3 is 5.97 Å². The Balaban J connectivity index is 0.000000817. The molecule has 1 atom stereocenters. The number of carboxylic acid groups (broad SMARTS) is 2. The van der Waals surface area contributed by atoms with Crippen LogP contribution in [0.5, 0.6) is 0 Å². The molecule has 2 fully saturated rings. The topological polar surface area (TPSA) is 107 Å². The van der Waals surface area contributed by atoms with Crippen molar-refractivity contribution < 1.29 is 29.3 Å². The third-order valence-corrected chi connectivity index (χ3v) is 4.79. The molecule has 2 saturated heterocycles. The van der Waals surface area contributed by atoms with E-state index in [1.165, 1.54) is 0 Å². The number of carboxylic acids is 1. The maximum absolute atomic E-state index is 12.3. The highest BCUT2D eigenvalue weighted by atomic mass is 16.5. The highest BCUT2D eigenvalue weighted by Crippen LogP contribution is 2.21. The summed E-state index contributed by atoms with van der Waals surface area (Å²) in [5.74, 6) is -0.223. The molecule has 2 heterocycles. The Labute approximate surface area is 158 Å². The molecule has 0 aromatic heterocycles. The van der Waals surface area contributed by atoms with Gasteiger partial charge in [-0.1, -0.05) is 12.1 Å². The Morgan fingerprint density at radius 2 is 1.93 bits per heavy atom. The van der Waals surface area contributed by atoms with Crippen LogP contribution in [0.2, 0.25) is 0 Å². The first kappa shape index (κ1) is 20.9. The molecule has 0 saturated carbocycles. The molecule has 0 radical (unpaired) electrons. The van der Waals surface area contributed by atoms with Crippen LogP contribution in [-0.2, 0) is 20.7 Å². The van der Waals surface area contributed by atoms with Gasteiger partial charge in [0, 0.05) is 19.6 Å². The fraction of sp³-hybridized carbons (Fsp3) is 0.526. The third kappa shape index (κ3) is 6.65. The Hall–Kier alpha value is -2.45. The van der Waals surface area contributed by atoms with Gasteiger partial charge in [0.25, 0.3) is 6.47 Å². The third-order valence-electron chi connectivity index (χ3n) is 4.79. The minimum absolute atomic E-state index is 0.187. The highest BCUT2D eigenvalue weighted by molar-refractivity contribution is 5.87. The molecule has 2 aliphatic heterocycles. The lowest BCUT2D eigenvalue weighted by atomic mass is 9.97. The predicted molar refractivity (Wildman–Crippen MR) is 97.7 cm³/mol. The number of carbonyl (C=O) groups is 3. The Kier molecular flexibility index (Phi) is 8.22. The standard InChI is InChI=1S/C18H24N2O4.CH2O2/c21-17(20-6-8-24-9-7-20)13-19-5-4-15(12-19)10-14-2-1-3-16(11-14)18(22)23;2-1-3/h1-3,11,15H,4-10,12-13H2,(H,22,23);1H,(H,2,3). The average Bonchev–Trinajstić information content (AvgIpc) is 3.10. The number of nitrogens with zero attached hydrogens (tertiary/aromatic N) is 2. The zero-order chi connectivity index (χ0) is 19.6. The summed E-state index contributed by atoms with van der Waals surface area (Å²) in [4.78, 5) is 35.8. The van der Waals surface area contributed by atoms with E-state index in [9.17, 15) is 9.59 Å². The zero-order valence-electron chi connectivity index (χ0n) is 15.2. The number of morpholine rings is 1. The van der Waals surface area contributed by atoms with Gasteiger partial charge in [-0.05, 0) is 43.0 Å². The monoisotopic (exact) mass is 378 g/mol. The number of hydrogen-bond donors (Lipinski definition) is 2. The van der Waals surface area contributed by atoms with E-state index in [-0.39, 0.29) is 12.4 Å². The SMILES string of the molecule is O=C(O)c1cccc(CC2CCN(CC(=O)N3CCOCC3)C2)c1.O=CO. The molecule has 1 aromatic carbocycles. The summed E-state index contributed by atoms with van der Waals surface area (Å²) in [7, 11) is 0. The maximum atomic E-state index is 12.3. The van der Waals surface area contributed by atoms with Gasteiger partial charge in [0.2, 0.25) is 5.91 Å². The van der Waals surface area contributed by atoms with Crippen molar-refractivity contribution in [1.29, 1.82) is 0 Å². The molecule has 0 bridgehead atoms. The molecule has 148 valence electrons. The summed E-state index contributed by atoms with van der Waals surface area (Å²) in [6.07, 6.45) is 1.91. The van der Waals surface area contributed by atoms with Gasteiger partial charge in [0.1, 0.15) is 0 Å². The fourth-order valence-electron chi connectivity index (χ4n) is 3.49. The molecule has 1 aromatic rings. The second-order valence-corrected chi connectivity index (χ2v) is 6.70. The summed E-state index contributed by atoms with van der Waals surface area (Å²) in [5.41, 5.74) is 1.39. The predicted octanol–water partition coefficient (Wildman–Crippen LogP) is 0.809. The van der Waals surface area contributed by atoms with Crippen LogP contribution in [0.3, 0.4) is 0 Å². The van der Waals surface area contributed by atoms with E-state index in [4.69, 9.17) is 19.7 Å².